The van der Waals surface area contributed by atoms with Gasteiger partial charge in [-0.3, -0.25) is 9.10 Å². The Bertz CT molecular complexity index is 674. The molecule has 0 aliphatic carbocycles. The Hall–Kier alpha value is -1.31. The van der Waals surface area contributed by atoms with Gasteiger partial charge in [0, 0.05) is 24.2 Å². The maximum Gasteiger partial charge on any atom is 0.251 e. The van der Waals surface area contributed by atoms with Crippen molar-refractivity contribution in [2.24, 2.45) is 5.73 Å². The summed E-state index contributed by atoms with van der Waals surface area (Å²) in [4.78, 5) is 12.2. The molecule has 0 fully saturated rings. The summed E-state index contributed by atoms with van der Waals surface area (Å²) in [5.41, 5.74) is 7.18. The second kappa shape index (κ2) is 6.44. The lowest BCUT2D eigenvalue weighted by Crippen LogP contribution is -2.48. The molecule has 1 amide bonds. The van der Waals surface area contributed by atoms with Crippen molar-refractivity contribution in [3.05, 3.63) is 29.3 Å². The lowest BCUT2D eigenvalue weighted by atomic mass is 10.0. The third-order valence-corrected chi connectivity index (χ3v) is 4.74. The van der Waals surface area contributed by atoms with Crippen molar-refractivity contribution in [1.82, 2.24) is 5.32 Å². The van der Waals surface area contributed by atoms with E-state index in [1.807, 2.05) is 13.8 Å². The van der Waals surface area contributed by atoms with Gasteiger partial charge in [0.25, 0.3) is 5.91 Å². The number of carbonyl (C=O) groups is 1. The third-order valence-electron chi connectivity index (χ3n) is 3.56. The maximum atomic E-state index is 12.2. The molecule has 3 N–H and O–H groups in total. The first kappa shape index (κ1) is 18.7. The largest absolute Gasteiger partial charge is 0.346 e. The Morgan fingerprint density at radius 3 is 2.59 bits per heavy atom. The monoisotopic (exact) mass is 347 g/mol. The van der Waals surface area contributed by atoms with Crippen LogP contribution in [0.2, 0.25) is 0 Å². The molecule has 6 nitrogen and oxygen atoms in total. The van der Waals surface area contributed by atoms with Crippen molar-refractivity contribution in [1.29, 1.82) is 0 Å². The van der Waals surface area contributed by atoms with Gasteiger partial charge in [0.15, 0.2) is 0 Å². The number of fused-ring (bicyclic) bond motifs is 1. The molecule has 1 heterocycles. The summed E-state index contributed by atoms with van der Waals surface area (Å²) in [6.07, 6.45) is 1.80. The van der Waals surface area contributed by atoms with Crippen LogP contribution in [-0.2, 0) is 16.4 Å². The quantitative estimate of drug-likeness (QED) is 0.846. The number of carbonyl (C=O) groups excluding carboxylic acids is 1. The van der Waals surface area contributed by atoms with E-state index in [-0.39, 0.29) is 18.3 Å². The molecule has 1 aromatic rings. The van der Waals surface area contributed by atoms with Gasteiger partial charge in [-0.25, -0.2) is 8.42 Å². The van der Waals surface area contributed by atoms with Crippen molar-refractivity contribution in [2.45, 2.75) is 25.8 Å². The SMILES string of the molecule is CC(C)(CN)NC(=O)c1ccc2c(c1)CCN2S(C)(=O)=O.Cl. The highest BCUT2D eigenvalue weighted by Gasteiger charge is 2.27. The molecule has 0 bridgehead atoms. The zero-order valence-electron chi connectivity index (χ0n) is 12.9. The second-order valence-electron chi connectivity index (χ2n) is 5.97. The summed E-state index contributed by atoms with van der Waals surface area (Å²) in [5.74, 6) is -0.203. The molecule has 1 aliphatic heterocycles. The molecule has 0 saturated heterocycles. The van der Waals surface area contributed by atoms with Gasteiger partial charge in [0.1, 0.15) is 0 Å². The molecule has 0 unspecified atom stereocenters. The third kappa shape index (κ3) is 3.91. The van der Waals surface area contributed by atoms with E-state index in [0.29, 0.717) is 30.8 Å². The minimum Gasteiger partial charge on any atom is -0.346 e. The van der Waals surface area contributed by atoms with Crippen LogP contribution in [0.3, 0.4) is 0 Å². The van der Waals surface area contributed by atoms with Crippen molar-refractivity contribution in [3.63, 3.8) is 0 Å². The number of nitrogens with one attached hydrogen (secondary N) is 1. The highest BCUT2D eigenvalue weighted by Crippen LogP contribution is 2.30. The van der Waals surface area contributed by atoms with Crippen molar-refractivity contribution >= 4 is 34.0 Å². The second-order valence-corrected chi connectivity index (χ2v) is 7.88. The molecular weight excluding hydrogens is 326 g/mol. The first-order valence-corrected chi connectivity index (χ1v) is 8.62. The van der Waals surface area contributed by atoms with E-state index in [9.17, 15) is 13.2 Å². The number of amides is 1. The summed E-state index contributed by atoms with van der Waals surface area (Å²) in [6, 6.07) is 5.08. The summed E-state index contributed by atoms with van der Waals surface area (Å²) in [5, 5.41) is 2.86. The summed E-state index contributed by atoms with van der Waals surface area (Å²) >= 11 is 0. The zero-order valence-corrected chi connectivity index (χ0v) is 14.6. The van der Waals surface area contributed by atoms with Crippen LogP contribution < -0.4 is 15.4 Å². The standard InChI is InChI=1S/C14H21N3O3S.ClH/c1-14(2,9-15)16-13(18)11-4-5-12-10(8-11)6-7-17(12)21(3,19)20;/h4-5,8H,6-7,9,15H2,1-3H3,(H,16,18);1H. The first-order chi connectivity index (χ1) is 9.64. The Kier molecular flexibility index (Phi) is 5.48. The van der Waals surface area contributed by atoms with Gasteiger partial charge in [0.05, 0.1) is 11.9 Å². The highest BCUT2D eigenvalue weighted by atomic mass is 35.5. The fraction of sp³-hybridized carbons (Fsp3) is 0.500. The molecule has 2 rings (SSSR count). The molecule has 8 heteroatoms. The molecule has 22 heavy (non-hydrogen) atoms. The van der Waals surface area contributed by atoms with Gasteiger partial charge in [-0.05, 0) is 44.0 Å². The van der Waals surface area contributed by atoms with Crippen molar-refractivity contribution in [2.75, 3.05) is 23.7 Å². The molecule has 0 aromatic heterocycles. The molecular formula is C14H22ClN3O3S. The van der Waals surface area contributed by atoms with E-state index < -0.39 is 15.6 Å². The number of anilines is 1. The Morgan fingerprint density at radius 2 is 2.05 bits per heavy atom. The Labute approximate surface area is 137 Å². The van der Waals surface area contributed by atoms with Gasteiger partial charge in [-0.15, -0.1) is 12.4 Å². The fourth-order valence-electron chi connectivity index (χ4n) is 2.29. The maximum absolute atomic E-state index is 12.2. The molecule has 1 aromatic carbocycles. The number of sulfonamides is 1. The normalized spacial score (nSPS) is 14.3. The fourth-order valence-corrected chi connectivity index (χ4v) is 3.25. The van der Waals surface area contributed by atoms with Gasteiger partial charge in [0.2, 0.25) is 10.0 Å². The van der Waals surface area contributed by atoms with Crippen LogP contribution in [0, 0.1) is 0 Å². The topological polar surface area (TPSA) is 92.5 Å². The Morgan fingerprint density at radius 1 is 1.41 bits per heavy atom. The summed E-state index contributed by atoms with van der Waals surface area (Å²) in [6.45, 7) is 4.46. The molecule has 1 aliphatic rings. The van der Waals surface area contributed by atoms with Crippen LogP contribution in [0.5, 0.6) is 0 Å². The average Bonchev–Trinajstić information content (AvgIpc) is 2.80. The van der Waals surface area contributed by atoms with Gasteiger partial charge in [-0.2, -0.15) is 0 Å². The van der Waals surface area contributed by atoms with E-state index >= 15 is 0 Å². The van der Waals surface area contributed by atoms with Crippen LogP contribution in [0.4, 0.5) is 5.69 Å². The smallest absolute Gasteiger partial charge is 0.251 e. The Balaban J connectivity index is 0.00000242. The number of hydrogen-bond acceptors (Lipinski definition) is 4. The number of halogens is 1. The van der Waals surface area contributed by atoms with Gasteiger partial charge in [-0.1, -0.05) is 0 Å². The van der Waals surface area contributed by atoms with E-state index in [1.54, 1.807) is 18.2 Å². The summed E-state index contributed by atoms with van der Waals surface area (Å²) < 4.78 is 24.7. The molecule has 0 atom stereocenters. The molecule has 0 spiro atoms. The lowest BCUT2D eigenvalue weighted by Gasteiger charge is -2.24. The number of hydrogen-bond donors (Lipinski definition) is 2. The highest BCUT2D eigenvalue weighted by molar-refractivity contribution is 7.92. The van der Waals surface area contributed by atoms with Crippen LogP contribution in [-0.4, -0.2) is 39.2 Å². The first-order valence-electron chi connectivity index (χ1n) is 6.77. The summed E-state index contributed by atoms with van der Waals surface area (Å²) in [7, 11) is -3.27. The average molecular weight is 348 g/mol. The van der Waals surface area contributed by atoms with Crippen molar-refractivity contribution < 1.29 is 13.2 Å². The van der Waals surface area contributed by atoms with E-state index in [2.05, 4.69) is 5.32 Å². The van der Waals surface area contributed by atoms with Crippen LogP contribution in [0.15, 0.2) is 18.2 Å². The van der Waals surface area contributed by atoms with E-state index in [1.165, 1.54) is 10.6 Å². The lowest BCUT2D eigenvalue weighted by molar-refractivity contribution is 0.0915. The zero-order chi connectivity index (χ0) is 15.8. The number of nitrogens with zero attached hydrogens (tertiary/aromatic N) is 1. The predicted octanol–water partition coefficient (Wildman–Crippen LogP) is 0.898. The van der Waals surface area contributed by atoms with Crippen LogP contribution in [0.1, 0.15) is 29.8 Å². The molecule has 0 radical (unpaired) electrons. The van der Waals surface area contributed by atoms with Crippen LogP contribution in [0.25, 0.3) is 0 Å². The number of nitrogens with two attached hydrogens (primary N) is 1. The minimum absolute atomic E-state index is 0. The van der Waals surface area contributed by atoms with Crippen molar-refractivity contribution in [3.8, 4) is 0 Å². The van der Waals surface area contributed by atoms with E-state index in [0.717, 1.165) is 5.56 Å². The number of benzene rings is 1. The minimum atomic E-state index is -3.27. The predicted molar refractivity (Wildman–Crippen MR) is 90.2 cm³/mol. The van der Waals surface area contributed by atoms with Crippen LogP contribution >= 0.6 is 12.4 Å². The van der Waals surface area contributed by atoms with Gasteiger partial charge >= 0.3 is 0 Å². The number of rotatable bonds is 4. The molecule has 124 valence electrons. The van der Waals surface area contributed by atoms with E-state index in [4.69, 9.17) is 5.73 Å². The van der Waals surface area contributed by atoms with Gasteiger partial charge < -0.3 is 11.1 Å². The molecule has 0 saturated carbocycles.